The molecule has 0 aliphatic heterocycles. The highest BCUT2D eigenvalue weighted by Gasteiger charge is 2.18. The van der Waals surface area contributed by atoms with Crippen LogP contribution >= 0.6 is 0 Å². The predicted molar refractivity (Wildman–Crippen MR) is 108 cm³/mol. The molecule has 0 radical (unpaired) electrons. The van der Waals surface area contributed by atoms with Gasteiger partial charge in [-0.15, -0.1) is 5.10 Å². The van der Waals surface area contributed by atoms with Crippen molar-refractivity contribution in [3.05, 3.63) is 70.5 Å². The Morgan fingerprint density at radius 3 is 2.52 bits per heavy atom. The summed E-state index contributed by atoms with van der Waals surface area (Å²) in [4.78, 5) is 24.4. The molecule has 8 nitrogen and oxygen atoms in total. The molecular weight excluding hydrogens is 370 g/mol. The van der Waals surface area contributed by atoms with E-state index in [1.54, 1.807) is 11.6 Å². The summed E-state index contributed by atoms with van der Waals surface area (Å²) < 4.78 is 7.10. The summed E-state index contributed by atoms with van der Waals surface area (Å²) in [5.41, 5.74) is 9.20. The van der Waals surface area contributed by atoms with Gasteiger partial charge in [-0.05, 0) is 62.6 Å². The summed E-state index contributed by atoms with van der Waals surface area (Å²) in [5.74, 6) is -0.409. The molecule has 2 amide bonds. The van der Waals surface area contributed by atoms with Gasteiger partial charge in [0, 0.05) is 0 Å². The van der Waals surface area contributed by atoms with E-state index >= 15 is 0 Å². The first-order valence-electron chi connectivity index (χ1n) is 9.13. The number of hydrogen-bond acceptors (Lipinski definition) is 5. The summed E-state index contributed by atoms with van der Waals surface area (Å²) >= 11 is 0. The molecule has 0 saturated heterocycles. The second-order valence-corrected chi connectivity index (χ2v) is 6.83. The lowest BCUT2D eigenvalue weighted by atomic mass is 10.1. The molecule has 8 heteroatoms. The largest absolute Gasteiger partial charge is 0.483 e. The smallest absolute Gasteiger partial charge is 0.292 e. The second kappa shape index (κ2) is 8.55. The Morgan fingerprint density at radius 2 is 1.76 bits per heavy atom. The van der Waals surface area contributed by atoms with Gasteiger partial charge in [0.15, 0.2) is 12.3 Å². The number of benzene rings is 2. The normalized spacial score (nSPS) is 10.5. The van der Waals surface area contributed by atoms with E-state index in [4.69, 9.17) is 4.74 Å². The first kappa shape index (κ1) is 20.1. The van der Waals surface area contributed by atoms with Crippen molar-refractivity contribution >= 4 is 11.8 Å². The monoisotopic (exact) mass is 393 g/mol. The molecular formula is C21H23N5O3. The van der Waals surface area contributed by atoms with Crippen molar-refractivity contribution in [2.75, 3.05) is 6.61 Å². The lowest BCUT2D eigenvalue weighted by molar-refractivity contribution is -0.123. The van der Waals surface area contributed by atoms with E-state index in [1.807, 2.05) is 63.2 Å². The van der Waals surface area contributed by atoms with Crippen LogP contribution in [0.3, 0.4) is 0 Å². The number of hydrazine groups is 1. The molecule has 0 bridgehead atoms. The van der Waals surface area contributed by atoms with E-state index in [0.29, 0.717) is 11.4 Å². The zero-order chi connectivity index (χ0) is 21.0. The minimum absolute atomic E-state index is 0.127. The summed E-state index contributed by atoms with van der Waals surface area (Å²) in [5, 5.41) is 7.97. The van der Waals surface area contributed by atoms with Crippen LogP contribution in [-0.2, 0) is 4.79 Å². The van der Waals surface area contributed by atoms with Crippen LogP contribution in [0.2, 0.25) is 0 Å². The summed E-state index contributed by atoms with van der Waals surface area (Å²) in [6.07, 6.45) is 0. The highest BCUT2D eigenvalue weighted by atomic mass is 16.5. The molecule has 2 aromatic carbocycles. The second-order valence-electron chi connectivity index (χ2n) is 6.83. The van der Waals surface area contributed by atoms with Crippen molar-refractivity contribution in [3.8, 4) is 11.4 Å². The van der Waals surface area contributed by atoms with Gasteiger partial charge in [-0.3, -0.25) is 20.4 Å². The van der Waals surface area contributed by atoms with Crippen LogP contribution in [0.5, 0.6) is 5.75 Å². The Labute approximate surface area is 168 Å². The number of aromatic nitrogens is 3. The average molecular weight is 393 g/mol. The lowest BCUT2D eigenvalue weighted by Crippen LogP contribution is -2.44. The van der Waals surface area contributed by atoms with Crippen molar-refractivity contribution in [1.29, 1.82) is 0 Å². The molecule has 0 fully saturated rings. The molecule has 150 valence electrons. The van der Waals surface area contributed by atoms with Crippen LogP contribution in [0.15, 0.2) is 42.5 Å². The fraction of sp³-hybridized carbons (Fsp3) is 0.238. The van der Waals surface area contributed by atoms with Crippen molar-refractivity contribution in [2.45, 2.75) is 27.7 Å². The molecule has 0 aliphatic carbocycles. The van der Waals surface area contributed by atoms with Crippen LogP contribution in [0.25, 0.3) is 5.69 Å². The van der Waals surface area contributed by atoms with Gasteiger partial charge in [-0.1, -0.05) is 29.5 Å². The number of aryl methyl sites for hydroxylation is 3. The van der Waals surface area contributed by atoms with Crippen molar-refractivity contribution < 1.29 is 14.3 Å². The van der Waals surface area contributed by atoms with Crippen molar-refractivity contribution in [3.63, 3.8) is 0 Å². The molecule has 2 N–H and O–H groups in total. The molecule has 0 spiro atoms. The maximum Gasteiger partial charge on any atom is 0.292 e. The van der Waals surface area contributed by atoms with Crippen molar-refractivity contribution in [2.24, 2.45) is 0 Å². The number of nitrogens with zero attached hydrogens (tertiary/aromatic N) is 3. The van der Waals surface area contributed by atoms with Crippen LogP contribution in [-0.4, -0.2) is 33.4 Å². The van der Waals surface area contributed by atoms with E-state index in [2.05, 4.69) is 21.2 Å². The Kier molecular flexibility index (Phi) is 5.92. The standard InChI is InChI=1S/C21H23N5O3/c1-13-6-5-7-17(10-13)26-16(4)20(23-25-26)21(28)24-22-19(27)12-29-18-11-14(2)8-9-15(18)3/h5-11H,12H2,1-4H3,(H,22,27)(H,24,28). The van der Waals surface area contributed by atoms with E-state index < -0.39 is 11.8 Å². The Morgan fingerprint density at radius 1 is 1.00 bits per heavy atom. The minimum atomic E-state index is -0.554. The van der Waals surface area contributed by atoms with E-state index in [-0.39, 0.29) is 12.3 Å². The summed E-state index contributed by atoms with van der Waals surface area (Å²) in [7, 11) is 0. The van der Waals surface area contributed by atoms with Crippen molar-refractivity contribution in [1.82, 2.24) is 25.8 Å². The molecule has 1 aromatic heterocycles. The number of carbonyl (C=O) groups is 2. The van der Waals surface area contributed by atoms with E-state index in [9.17, 15) is 9.59 Å². The van der Waals surface area contributed by atoms with Gasteiger partial charge < -0.3 is 4.74 Å². The number of carbonyl (C=O) groups excluding carboxylic acids is 2. The zero-order valence-electron chi connectivity index (χ0n) is 16.8. The molecule has 3 aromatic rings. The summed E-state index contributed by atoms with van der Waals surface area (Å²) in [6, 6.07) is 13.4. The van der Waals surface area contributed by atoms with E-state index in [1.165, 1.54) is 0 Å². The van der Waals surface area contributed by atoms with Gasteiger partial charge in [0.1, 0.15) is 5.75 Å². The Balaban J connectivity index is 1.58. The predicted octanol–water partition coefficient (Wildman–Crippen LogP) is 2.34. The number of amides is 2. The van der Waals surface area contributed by atoms with Crippen LogP contribution in [0, 0.1) is 27.7 Å². The third kappa shape index (κ3) is 4.78. The molecule has 0 atom stereocenters. The Hall–Kier alpha value is -3.68. The first-order chi connectivity index (χ1) is 13.8. The molecule has 0 unspecified atom stereocenters. The maximum absolute atomic E-state index is 12.4. The molecule has 1 heterocycles. The van der Waals surface area contributed by atoms with Crippen LogP contribution in [0.1, 0.15) is 32.9 Å². The quantitative estimate of drug-likeness (QED) is 0.649. The van der Waals surface area contributed by atoms with Gasteiger partial charge in [-0.25, -0.2) is 4.68 Å². The SMILES string of the molecule is Cc1cccc(-n2nnc(C(=O)NNC(=O)COc3cc(C)ccc3C)c2C)c1. The minimum Gasteiger partial charge on any atom is -0.483 e. The highest BCUT2D eigenvalue weighted by Crippen LogP contribution is 2.18. The van der Waals surface area contributed by atoms with Gasteiger partial charge in [0.05, 0.1) is 11.4 Å². The first-order valence-corrected chi connectivity index (χ1v) is 9.13. The lowest BCUT2D eigenvalue weighted by Gasteiger charge is -2.10. The fourth-order valence-electron chi connectivity index (χ4n) is 2.77. The topological polar surface area (TPSA) is 98.1 Å². The Bertz CT molecular complexity index is 1060. The van der Waals surface area contributed by atoms with E-state index in [0.717, 1.165) is 22.4 Å². The number of hydrogen-bond donors (Lipinski definition) is 2. The average Bonchev–Trinajstić information content (AvgIpc) is 3.08. The van der Waals surface area contributed by atoms with Gasteiger partial charge >= 0.3 is 0 Å². The van der Waals surface area contributed by atoms with Gasteiger partial charge in [0.25, 0.3) is 11.8 Å². The number of rotatable bonds is 5. The fourth-order valence-corrected chi connectivity index (χ4v) is 2.77. The maximum atomic E-state index is 12.4. The number of ether oxygens (including phenoxy) is 1. The zero-order valence-corrected chi connectivity index (χ0v) is 16.8. The summed E-state index contributed by atoms with van der Waals surface area (Å²) in [6.45, 7) is 7.33. The van der Waals surface area contributed by atoms with Gasteiger partial charge in [-0.2, -0.15) is 0 Å². The molecule has 0 saturated carbocycles. The molecule has 3 rings (SSSR count). The van der Waals surface area contributed by atoms with Gasteiger partial charge in [0.2, 0.25) is 0 Å². The van der Waals surface area contributed by atoms with Crippen LogP contribution in [0.4, 0.5) is 0 Å². The van der Waals surface area contributed by atoms with Crippen LogP contribution < -0.4 is 15.6 Å². The third-order valence-electron chi connectivity index (χ3n) is 4.37. The molecule has 0 aliphatic rings. The third-order valence-corrected chi connectivity index (χ3v) is 4.37. The molecule has 29 heavy (non-hydrogen) atoms. The number of nitrogens with one attached hydrogen (secondary N) is 2. The highest BCUT2D eigenvalue weighted by molar-refractivity contribution is 5.94.